The minimum atomic E-state index is -5.03. The number of rotatable bonds is 7. The fourth-order valence-corrected chi connectivity index (χ4v) is 6.08. The lowest BCUT2D eigenvalue weighted by Gasteiger charge is -2.36. The highest BCUT2D eigenvalue weighted by atomic mass is 19.4. The van der Waals surface area contributed by atoms with Crippen molar-refractivity contribution in [2.24, 2.45) is 5.41 Å². The quantitative estimate of drug-likeness (QED) is 0.289. The third-order valence-electron chi connectivity index (χ3n) is 8.38. The fourth-order valence-electron chi connectivity index (χ4n) is 6.08. The number of nitrogens with zero attached hydrogens (tertiary/aromatic N) is 2. The first-order chi connectivity index (χ1) is 20.4. The maximum atomic E-state index is 13.5. The minimum Gasteiger partial charge on any atom is -0.496 e. The topological polar surface area (TPSA) is 59.1 Å². The Kier molecular flexibility index (Phi) is 9.06. The average Bonchev–Trinajstić information content (AvgIpc) is 3.20. The van der Waals surface area contributed by atoms with Gasteiger partial charge in [0.25, 0.3) is 0 Å². The van der Waals surface area contributed by atoms with Crippen LogP contribution in [0.4, 0.5) is 36.8 Å². The second-order valence-electron chi connectivity index (χ2n) is 12.1. The highest BCUT2D eigenvalue weighted by molar-refractivity contribution is 5.92. The summed E-state index contributed by atoms with van der Waals surface area (Å²) in [7, 11) is 1.53. The Hall–Kier alpha value is -3.70. The molecule has 0 spiro atoms. The van der Waals surface area contributed by atoms with Crippen LogP contribution in [0.3, 0.4) is 0 Å². The molecule has 2 amide bonds. The van der Waals surface area contributed by atoms with Crippen LogP contribution in [0.1, 0.15) is 82.2 Å². The largest absolute Gasteiger partial charge is 0.496 e. The Balaban J connectivity index is 1.76. The SMILES string of the molecule is CCN(C(C)=O)c1ccc(OC)c(C2=C(CN3C(=O)O[C@H](c4cc(C(F)(F)F)cc(C(F)(F)F)c4)[C@@H]3C)CC(C)(C)CC2)c1. The number of anilines is 1. The minimum absolute atomic E-state index is 0.0528. The van der Waals surface area contributed by atoms with Crippen LogP contribution < -0.4 is 9.64 Å². The van der Waals surface area contributed by atoms with E-state index in [0.717, 1.165) is 23.1 Å². The standard InChI is InChI=1S/C32H36F6N2O4/c1-7-39(19(3)41)24-8-9-27(43-6)26(15-24)25-10-11-30(4,5)16-21(25)17-40-18(2)28(44-29(40)42)20-12-22(31(33,34)35)14-23(13-20)32(36,37)38/h8-9,12-15,18,28H,7,10-11,16-17H2,1-6H3/t18-,28-/m0/s1. The van der Waals surface area contributed by atoms with Crippen molar-refractivity contribution in [2.45, 2.75) is 78.4 Å². The van der Waals surface area contributed by atoms with Crippen molar-refractivity contribution in [3.8, 4) is 5.75 Å². The van der Waals surface area contributed by atoms with E-state index >= 15 is 0 Å². The number of ether oxygens (including phenoxy) is 2. The second kappa shape index (κ2) is 12.0. The molecule has 0 saturated carbocycles. The van der Waals surface area contributed by atoms with Gasteiger partial charge in [-0.2, -0.15) is 26.3 Å². The van der Waals surface area contributed by atoms with Crippen LogP contribution in [-0.2, 0) is 21.9 Å². The predicted molar refractivity (Wildman–Crippen MR) is 153 cm³/mol. The maximum Gasteiger partial charge on any atom is 0.416 e. The summed E-state index contributed by atoms with van der Waals surface area (Å²) in [6.45, 7) is 9.55. The van der Waals surface area contributed by atoms with E-state index in [2.05, 4.69) is 13.8 Å². The smallest absolute Gasteiger partial charge is 0.416 e. The van der Waals surface area contributed by atoms with Crippen molar-refractivity contribution >= 4 is 23.3 Å². The highest BCUT2D eigenvalue weighted by Gasteiger charge is 2.44. The summed E-state index contributed by atoms with van der Waals surface area (Å²) in [5.41, 5.74) is -0.272. The summed E-state index contributed by atoms with van der Waals surface area (Å²) in [6.07, 6.45) is -10.2. The van der Waals surface area contributed by atoms with E-state index in [1.165, 1.54) is 18.9 Å². The van der Waals surface area contributed by atoms with E-state index in [0.29, 0.717) is 43.0 Å². The van der Waals surface area contributed by atoms with Crippen molar-refractivity contribution in [3.05, 3.63) is 64.2 Å². The van der Waals surface area contributed by atoms with Crippen LogP contribution >= 0.6 is 0 Å². The summed E-state index contributed by atoms with van der Waals surface area (Å²) >= 11 is 0. The summed E-state index contributed by atoms with van der Waals surface area (Å²) in [4.78, 5) is 28.4. The number of hydrogen-bond acceptors (Lipinski definition) is 4. The molecule has 6 nitrogen and oxygen atoms in total. The Morgan fingerprint density at radius 3 is 2.20 bits per heavy atom. The number of methoxy groups -OCH3 is 1. The van der Waals surface area contributed by atoms with Gasteiger partial charge in [0.2, 0.25) is 5.91 Å². The molecule has 4 rings (SSSR count). The zero-order chi connectivity index (χ0) is 32.8. The van der Waals surface area contributed by atoms with Gasteiger partial charge in [0.05, 0.1) is 24.3 Å². The van der Waals surface area contributed by atoms with E-state index in [-0.39, 0.29) is 29.5 Å². The molecule has 2 aliphatic rings. The molecule has 2 aromatic rings. The number of halogens is 6. The lowest BCUT2D eigenvalue weighted by Crippen LogP contribution is -2.35. The Bertz CT molecular complexity index is 1430. The van der Waals surface area contributed by atoms with Crippen LogP contribution in [0.5, 0.6) is 5.75 Å². The van der Waals surface area contributed by atoms with Gasteiger partial charge in [-0.3, -0.25) is 9.69 Å². The molecule has 0 aromatic heterocycles. The van der Waals surface area contributed by atoms with Crippen molar-refractivity contribution in [2.75, 3.05) is 25.1 Å². The third kappa shape index (κ3) is 6.83. The Morgan fingerprint density at radius 2 is 1.68 bits per heavy atom. The second-order valence-corrected chi connectivity index (χ2v) is 12.1. The normalized spacial score (nSPS) is 20.5. The molecule has 1 aliphatic heterocycles. The summed E-state index contributed by atoms with van der Waals surface area (Å²) in [6, 6.07) is 5.82. The van der Waals surface area contributed by atoms with Crippen LogP contribution in [0.25, 0.3) is 5.57 Å². The summed E-state index contributed by atoms with van der Waals surface area (Å²) in [5, 5.41) is 0. The Labute approximate surface area is 252 Å². The molecule has 2 aromatic carbocycles. The number of carbonyl (C=O) groups excluding carboxylic acids is 2. The number of cyclic esters (lactones) is 1. The molecule has 0 unspecified atom stereocenters. The number of hydrogen-bond donors (Lipinski definition) is 0. The summed E-state index contributed by atoms with van der Waals surface area (Å²) in [5.74, 6) is 0.435. The van der Waals surface area contributed by atoms with Gasteiger partial charge in [-0.1, -0.05) is 13.8 Å². The lowest BCUT2D eigenvalue weighted by atomic mass is 9.72. The van der Waals surface area contributed by atoms with Gasteiger partial charge in [0.1, 0.15) is 11.9 Å². The zero-order valence-corrected chi connectivity index (χ0v) is 25.4. The monoisotopic (exact) mass is 626 g/mol. The maximum absolute atomic E-state index is 13.5. The van der Waals surface area contributed by atoms with E-state index in [1.54, 1.807) is 24.0 Å². The highest BCUT2D eigenvalue weighted by Crippen LogP contribution is 2.47. The van der Waals surface area contributed by atoms with Gasteiger partial charge in [0.15, 0.2) is 0 Å². The van der Waals surface area contributed by atoms with Gasteiger partial charge in [0, 0.05) is 31.3 Å². The van der Waals surface area contributed by atoms with Crippen molar-refractivity contribution in [3.63, 3.8) is 0 Å². The van der Waals surface area contributed by atoms with Gasteiger partial charge in [-0.25, -0.2) is 4.79 Å². The van der Waals surface area contributed by atoms with E-state index in [9.17, 15) is 35.9 Å². The lowest BCUT2D eigenvalue weighted by molar-refractivity contribution is -0.143. The molecule has 0 N–H and O–H groups in total. The number of amides is 2. The average molecular weight is 627 g/mol. The predicted octanol–water partition coefficient (Wildman–Crippen LogP) is 8.65. The molecule has 0 radical (unpaired) electrons. The van der Waals surface area contributed by atoms with Gasteiger partial charge >= 0.3 is 18.4 Å². The van der Waals surface area contributed by atoms with Crippen molar-refractivity contribution < 1.29 is 45.4 Å². The first-order valence-corrected chi connectivity index (χ1v) is 14.3. The number of allylic oxidation sites excluding steroid dienone is 1. The van der Waals surface area contributed by atoms with E-state index < -0.39 is 41.7 Å². The first-order valence-electron chi connectivity index (χ1n) is 14.3. The van der Waals surface area contributed by atoms with Gasteiger partial charge in [-0.15, -0.1) is 0 Å². The zero-order valence-electron chi connectivity index (χ0n) is 25.4. The van der Waals surface area contributed by atoms with E-state index in [4.69, 9.17) is 9.47 Å². The van der Waals surface area contributed by atoms with Crippen LogP contribution in [0.15, 0.2) is 42.0 Å². The van der Waals surface area contributed by atoms with Crippen LogP contribution in [-0.4, -0.2) is 43.1 Å². The molecule has 44 heavy (non-hydrogen) atoms. The van der Waals surface area contributed by atoms with Gasteiger partial charge < -0.3 is 14.4 Å². The summed E-state index contributed by atoms with van der Waals surface area (Å²) < 4.78 is 92.4. The van der Waals surface area contributed by atoms with E-state index in [1.807, 2.05) is 13.0 Å². The van der Waals surface area contributed by atoms with Crippen LogP contribution in [0, 0.1) is 5.41 Å². The van der Waals surface area contributed by atoms with Crippen LogP contribution in [0.2, 0.25) is 0 Å². The number of benzene rings is 2. The van der Waals surface area contributed by atoms with Gasteiger partial charge in [-0.05, 0) is 91.6 Å². The molecule has 1 fully saturated rings. The molecular weight excluding hydrogens is 590 g/mol. The molecule has 1 aliphatic carbocycles. The molecule has 1 saturated heterocycles. The van der Waals surface area contributed by atoms with Crippen molar-refractivity contribution in [1.82, 2.24) is 4.90 Å². The first kappa shape index (κ1) is 33.2. The molecule has 2 atom stereocenters. The molecular formula is C32H36F6N2O4. The third-order valence-corrected chi connectivity index (χ3v) is 8.38. The molecule has 1 heterocycles. The molecule has 0 bridgehead atoms. The number of alkyl halides is 6. The number of carbonyl (C=O) groups is 2. The molecule has 240 valence electrons. The Morgan fingerprint density at radius 1 is 1.07 bits per heavy atom. The fraction of sp³-hybridized carbons (Fsp3) is 0.500. The molecule has 12 heteroatoms. The van der Waals surface area contributed by atoms with Crippen molar-refractivity contribution in [1.29, 1.82) is 0 Å².